The largest absolute Gasteiger partial charge is 0.460 e. The first kappa shape index (κ1) is 15.7. The predicted octanol–water partition coefficient (Wildman–Crippen LogP) is 2.68. The van der Waals surface area contributed by atoms with Crippen molar-refractivity contribution in [2.45, 2.75) is 41.5 Å². The smallest absolute Gasteiger partial charge is 0.374 e. The molecule has 98 valence electrons. The number of carbonyl (C=O) groups is 2. The highest BCUT2D eigenvalue weighted by atomic mass is 16.6. The lowest BCUT2D eigenvalue weighted by Crippen LogP contribution is -2.25. The van der Waals surface area contributed by atoms with Crippen LogP contribution in [0.25, 0.3) is 0 Å². The van der Waals surface area contributed by atoms with E-state index in [-0.39, 0.29) is 18.3 Å². The molecule has 0 atom stereocenters. The summed E-state index contributed by atoms with van der Waals surface area (Å²) in [6, 6.07) is 0. The summed E-state index contributed by atoms with van der Waals surface area (Å²) in [5.41, 5.74) is -0.650. The molecule has 0 rings (SSSR count). The molecule has 0 bridgehead atoms. The summed E-state index contributed by atoms with van der Waals surface area (Å²) >= 11 is 0. The van der Waals surface area contributed by atoms with Crippen LogP contribution in [0, 0.1) is 11.3 Å². The minimum Gasteiger partial charge on any atom is -0.460 e. The maximum Gasteiger partial charge on any atom is 0.374 e. The van der Waals surface area contributed by atoms with E-state index in [1.807, 2.05) is 13.8 Å². The summed E-state index contributed by atoms with van der Waals surface area (Å²) in [4.78, 5) is 23.3. The second-order valence-electron chi connectivity index (χ2n) is 5.13. The van der Waals surface area contributed by atoms with Gasteiger partial charge in [-0.25, -0.2) is 4.79 Å². The Kier molecular flexibility index (Phi) is 5.93. The molecule has 0 aliphatic heterocycles. The molecule has 0 amide bonds. The minimum atomic E-state index is -0.650. The van der Waals surface area contributed by atoms with Crippen LogP contribution >= 0.6 is 0 Å². The number of esters is 2. The van der Waals surface area contributed by atoms with Crippen molar-refractivity contribution in [2.75, 3.05) is 6.61 Å². The lowest BCUT2D eigenvalue weighted by atomic mass is 9.97. The summed E-state index contributed by atoms with van der Waals surface area (Å²) in [7, 11) is 0. The molecule has 0 heterocycles. The van der Waals surface area contributed by atoms with Crippen LogP contribution in [0.5, 0.6) is 0 Å². The van der Waals surface area contributed by atoms with Crippen molar-refractivity contribution in [1.29, 1.82) is 0 Å². The molecule has 0 spiro atoms. The van der Waals surface area contributed by atoms with Crippen molar-refractivity contribution in [1.82, 2.24) is 0 Å². The third-order valence-electron chi connectivity index (χ3n) is 1.78. The molecule has 4 nitrogen and oxygen atoms in total. The van der Waals surface area contributed by atoms with E-state index in [0.717, 1.165) is 0 Å². The number of rotatable bonds is 4. The maximum absolute atomic E-state index is 11.7. The highest BCUT2D eigenvalue weighted by molar-refractivity contribution is 5.90. The molecule has 0 aliphatic rings. The Morgan fingerprint density at radius 2 is 1.76 bits per heavy atom. The quantitative estimate of drug-likeness (QED) is 0.432. The molecule has 0 saturated carbocycles. The van der Waals surface area contributed by atoms with Gasteiger partial charge in [0.25, 0.3) is 0 Å². The van der Waals surface area contributed by atoms with Gasteiger partial charge in [0.1, 0.15) is 0 Å². The highest BCUT2D eigenvalue weighted by Gasteiger charge is 2.27. The van der Waals surface area contributed by atoms with Crippen LogP contribution in [0.1, 0.15) is 41.5 Å². The molecule has 4 heteroatoms. The zero-order chi connectivity index (χ0) is 13.6. The third-order valence-corrected chi connectivity index (χ3v) is 1.78. The second kappa shape index (κ2) is 6.42. The topological polar surface area (TPSA) is 52.6 Å². The standard InChI is InChI=1S/C13H22O4/c1-7-16-11(14)10(8-9(2)3)17-12(15)13(4,5)6/h8-9H,7H2,1-6H3/b10-8-. The molecule has 0 aromatic carbocycles. The average molecular weight is 242 g/mol. The van der Waals surface area contributed by atoms with Gasteiger partial charge in [-0.1, -0.05) is 13.8 Å². The predicted molar refractivity (Wildman–Crippen MR) is 65.1 cm³/mol. The van der Waals surface area contributed by atoms with Crippen LogP contribution in [0.4, 0.5) is 0 Å². The van der Waals surface area contributed by atoms with Gasteiger partial charge in [-0.3, -0.25) is 4.79 Å². The Balaban J connectivity index is 4.86. The summed E-state index contributed by atoms with van der Waals surface area (Å²) in [5.74, 6) is -0.972. The van der Waals surface area contributed by atoms with Gasteiger partial charge >= 0.3 is 11.9 Å². The number of hydrogen-bond donors (Lipinski definition) is 0. The van der Waals surface area contributed by atoms with E-state index in [0.29, 0.717) is 0 Å². The number of carbonyl (C=O) groups excluding carboxylic acids is 2. The second-order valence-corrected chi connectivity index (χ2v) is 5.13. The van der Waals surface area contributed by atoms with Gasteiger partial charge in [-0.05, 0) is 39.7 Å². The van der Waals surface area contributed by atoms with Crippen LogP contribution in [-0.4, -0.2) is 18.5 Å². The van der Waals surface area contributed by atoms with Crippen LogP contribution < -0.4 is 0 Å². The number of hydrogen-bond acceptors (Lipinski definition) is 4. The van der Waals surface area contributed by atoms with Crippen LogP contribution in [0.3, 0.4) is 0 Å². The van der Waals surface area contributed by atoms with Crippen molar-refractivity contribution in [3.8, 4) is 0 Å². The van der Waals surface area contributed by atoms with Crippen molar-refractivity contribution in [3.05, 3.63) is 11.8 Å². The van der Waals surface area contributed by atoms with Gasteiger partial charge in [0, 0.05) is 0 Å². The van der Waals surface area contributed by atoms with E-state index in [2.05, 4.69) is 0 Å². The fourth-order valence-corrected chi connectivity index (χ4v) is 0.902. The SMILES string of the molecule is CCOC(=O)/C(=C/C(C)C)OC(=O)C(C)(C)C. The van der Waals surface area contributed by atoms with E-state index >= 15 is 0 Å². The molecule has 0 unspecified atom stereocenters. The van der Waals surface area contributed by atoms with Crippen molar-refractivity contribution < 1.29 is 19.1 Å². The first-order valence-corrected chi connectivity index (χ1v) is 5.79. The minimum absolute atomic E-state index is 0.0261. The monoisotopic (exact) mass is 242 g/mol. The molecule has 0 aromatic rings. The maximum atomic E-state index is 11.7. The fourth-order valence-electron chi connectivity index (χ4n) is 0.902. The summed E-state index contributed by atoms with van der Waals surface area (Å²) in [5, 5.41) is 0. The molecule has 0 radical (unpaired) electrons. The summed E-state index contributed by atoms with van der Waals surface area (Å²) in [6.07, 6.45) is 1.58. The molecular formula is C13H22O4. The fraction of sp³-hybridized carbons (Fsp3) is 0.692. The first-order chi connectivity index (χ1) is 7.68. The van der Waals surface area contributed by atoms with E-state index in [1.54, 1.807) is 33.8 Å². The number of ether oxygens (including phenoxy) is 2. The van der Waals surface area contributed by atoms with E-state index in [9.17, 15) is 9.59 Å². The lowest BCUT2D eigenvalue weighted by molar-refractivity contribution is -0.156. The average Bonchev–Trinajstić information content (AvgIpc) is 2.14. The van der Waals surface area contributed by atoms with Crippen LogP contribution in [0.15, 0.2) is 11.8 Å². The molecule has 0 fully saturated rings. The van der Waals surface area contributed by atoms with Gasteiger partial charge in [0.15, 0.2) is 0 Å². The number of allylic oxidation sites excluding steroid dienone is 1. The van der Waals surface area contributed by atoms with E-state index < -0.39 is 17.4 Å². The summed E-state index contributed by atoms with van der Waals surface area (Å²) < 4.78 is 9.92. The lowest BCUT2D eigenvalue weighted by Gasteiger charge is -2.17. The van der Waals surface area contributed by atoms with Crippen molar-refractivity contribution in [3.63, 3.8) is 0 Å². The third kappa shape index (κ3) is 6.09. The van der Waals surface area contributed by atoms with Crippen LogP contribution in [0.2, 0.25) is 0 Å². The Morgan fingerprint density at radius 1 is 1.24 bits per heavy atom. The molecular weight excluding hydrogens is 220 g/mol. The molecule has 0 saturated heterocycles. The van der Waals surface area contributed by atoms with Crippen LogP contribution in [-0.2, 0) is 19.1 Å². The summed E-state index contributed by atoms with van der Waals surface area (Å²) in [6.45, 7) is 10.9. The molecule has 17 heavy (non-hydrogen) atoms. The van der Waals surface area contributed by atoms with Gasteiger partial charge in [-0.15, -0.1) is 0 Å². The Morgan fingerprint density at radius 3 is 2.12 bits per heavy atom. The van der Waals surface area contributed by atoms with Gasteiger partial charge in [0.2, 0.25) is 5.76 Å². The molecule has 0 N–H and O–H groups in total. The Labute approximate surface area is 103 Å². The normalized spacial score (nSPS) is 12.5. The zero-order valence-corrected chi connectivity index (χ0v) is 11.5. The van der Waals surface area contributed by atoms with Gasteiger partial charge in [0.05, 0.1) is 12.0 Å². The zero-order valence-electron chi connectivity index (χ0n) is 11.5. The van der Waals surface area contributed by atoms with Crippen molar-refractivity contribution in [2.24, 2.45) is 11.3 Å². The van der Waals surface area contributed by atoms with E-state index in [1.165, 1.54) is 0 Å². The Bertz CT molecular complexity index is 308. The van der Waals surface area contributed by atoms with Gasteiger partial charge in [-0.2, -0.15) is 0 Å². The van der Waals surface area contributed by atoms with E-state index in [4.69, 9.17) is 9.47 Å². The Hall–Kier alpha value is -1.32. The molecule has 0 aromatic heterocycles. The first-order valence-electron chi connectivity index (χ1n) is 5.79. The molecule has 0 aliphatic carbocycles. The highest BCUT2D eigenvalue weighted by Crippen LogP contribution is 2.18. The van der Waals surface area contributed by atoms with Crippen molar-refractivity contribution >= 4 is 11.9 Å². The van der Waals surface area contributed by atoms with Gasteiger partial charge < -0.3 is 9.47 Å².